The summed E-state index contributed by atoms with van der Waals surface area (Å²) in [4.78, 5) is 24.0. The van der Waals surface area contributed by atoms with Gasteiger partial charge in [-0.3, -0.25) is 10.2 Å². The first-order valence-corrected chi connectivity index (χ1v) is 7.73. The number of hydrazine groups is 1. The van der Waals surface area contributed by atoms with Crippen LogP contribution in [0.5, 0.6) is 11.5 Å². The summed E-state index contributed by atoms with van der Waals surface area (Å²) < 4.78 is 10.4. The number of nitrogens with one attached hydrogen (secondary N) is 3. The summed E-state index contributed by atoms with van der Waals surface area (Å²) in [5.74, 6) is 0.299. The SMILES string of the molecule is COc1cccc(C(=O)NNC(=O)NC2CCCCC2)c1OC. The van der Waals surface area contributed by atoms with Gasteiger partial charge in [0.05, 0.1) is 19.8 Å². The van der Waals surface area contributed by atoms with E-state index in [0.717, 1.165) is 25.7 Å². The third kappa shape index (κ3) is 4.51. The molecule has 126 valence electrons. The average molecular weight is 321 g/mol. The number of ether oxygens (including phenoxy) is 2. The molecule has 0 bridgehead atoms. The van der Waals surface area contributed by atoms with Crippen LogP contribution < -0.4 is 25.6 Å². The Hall–Kier alpha value is -2.44. The second-order valence-corrected chi connectivity index (χ2v) is 5.43. The number of rotatable bonds is 4. The highest BCUT2D eigenvalue weighted by molar-refractivity contribution is 5.98. The topological polar surface area (TPSA) is 88.7 Å². The molecular formula is C16H23N3O4. The monoisotopic (exact) mass is 321 g/mol. The van der Waals surface area contributed by atoms with Crippen LogP contribution in [0.3, 0.4) is 0 Å². The van der Waals surface area contributed by atoms with Gasteiger partial charge in [0.2, 0.25) is 0 Å². The predicted octanol–water partition coefficient (Wildman–Crippen LogP) is 1.98. The van der Waals surface area contributed by atoms with Crippen molar-refractivity contribution >= 4 is 11.9 Å². The van der Waals surface area contributed by atoms with Gasteiger partial charge in [-0.1, -0.05) is 25.3 Å². The van der Waals surface area contributed by atoms with Crippen molar-refractivity contribution in [2.45, 2.75) is 38.1 Å². The van der Waals surface area contributed by atoms with Gasteiger partial charge in [-0.05, 0) is 25.0 Å². The standard InChI is InChI=1S/C16H23N3O4/c1-22-13-10-6-9-12(14(13)23-2)15(20)18-19-16(21)17-11-7-4-3-5-8-11/h6,9-11H,3-5,7-8H2,1-2H3,(H,18,20)(H2,17,19,21). The van der Waals surface area contributed by atoms with Crippen LogP contribution in [-0.2, 0) is 0 Å². The van der Waals surface area contributed by atoms with Gasteiger partial charge in [0, 0.05) is 6.04 Å². The lowest BCUT2D eigenvalue weighted by Crippen LogP contribution is -2.50. The lowest BCUT2D eigenvalue weighted by molar-refractivity contribution is 0.0932. The van der Waals surface area contributed by atoms with Crippen LogP contribution in [0.25, 0.3) is 0 Å². The molecule has 1 aliphatic carbocycles. The lowest BCUT2D eigenvalue weighted by Gasteiger charge is -2.23. The third-order valence-corrected chi connectivity index (χ3v) is 3.88. The van der Waals surface area contributed by atoms with Crippen LogP contribution in [0.1, 0.15) is 42.5 Å². The first-order chi connectivity index (χ1) is 11.2. The third-order valence-electron chi connectivity index (χ3n) is 3.88. The fraction of sp³-hybridized carbons (Fsp3) is 0.500. The molecule has 0 heterocycles. The molecule has 0 spiro atoms. The van der Waals surface area contributed by atoms with Crippen molar-refractivity contribution < 1.29 is 19.1 Å². The minimum Gasteiger partial charge on any atom is -0.493 e. The molecule has 3 amide bonds. The Kier molecular flexibility index (Phi) is 6.08. The Morgan fingerprint density at radius 1 is 1.04 bits per heavy atom. The summed E-state index contributed by atoms with van der Waals surface area (Å²) in [6.45, 7) is 0. The Morgan fingerprint density at radius 2 is 1.78 bits per heavy atom. The zero-order chi connectivity index (χ0) is 16.7. The maximum absolute atomic E-state index is 12.2. The average Bonchev–Trinajstić information content (AvgIpc) is 2.59. The van der Waals surface area contributed by atoms with Crippen molar-refractivity contribution in [2.24, 2.45) is 0 Å². The molecule has 0 aliphatic heterocycles. The van der Waals surface area contributed by atoms with Crippen molar-refractivity contribution in [1.82, 2.24) is 16.2 Å². The fourth-order valence-corrected chi connectivity index (χ4v) is 2.72. The van der Waals surface area contributed by atoms with Crippen LogP contribution >= 0.6 is 0 Å². The molecule has 7 nitrogen and oxygen atoms in total. The summed E-state index contributed by atoms with van der Waals surface area (Å²) in [5, 5.41) is 2.86. The van der Waals surface area contributed by atoms with Crippen LogP contribution in [0.15, 0.2) is 18.2 Å². The maximum atomic E-state index is 12.2. The zero-order valence-corrected chi connectivity index (χ0v) is 13.5. The number of methoxy groups -OCH3 is 2. The zero-order valence-electron chi connectivity index (χ0n) is 13.5. The van der Waals surface area contributed by atoms with Gasteiger partial charge in [0.15, 0.2) is 11.5 Å². The van der Waals surface area contributed by atoms with Gasteiger partial charge in [-0.15, -0.1) is 0 Å². The first-order valence-electron chi connectivity index (χ1n) is 7.73. The summed E-state index contributed by atoms with van der Waals surface area (Å²) in [6, 6.07) is 4.73. The molecular weight excluding hydrogens is 298 g/mol. The lowest BCUT2D eigenvalue weighted by atomic mass is 9.96. The molecule has 2 rings (SSSR count). The number of carbonyl (C=O) groups is 2. The number of benzene rings is 1. The van der Waals surface area contributed by atoms with E-state index in [0.29, 0.717) is 11.5 Å². The molecule has 1 fully saturated rings. The molecule has 7 heteroatoms. The van der Waals surface area contributed by atoms with E-state index in [9.17, 15) is 9.59 Å². The van der Waals surface area contributed by atoms with Crippen LogP contribution in [0, 0.1) is 0 Å². The second-order valence-electron chi connectivity index (χ2n) is 5.43. The van der Waals surface area contributed by atoms with E-state index in [1.54, 1.807) is 18.2 Å². The Balaban J connectivity index is 1.90. The van der Waals surface area contributed by atoms with E-state index in [2.05, 4.69) is 16.2 Å². The molecule has 23 heavy (non-hydrogen) atoms. The Morgan fingerprint density at radius 3 is 2.43 bits per heavy atom. The first kappa shape index (κ1) is 16.9. The predicted molar refractivity (Wildman–Crippen MR) is 85.6 cm³/mol. The highest BCUT2D eigenvalue weighted by Crippen LogP contribution is 2.30. The molecule has 1 aliphatic rings. The number of hydrogen-bond acceptors (Lipinski definition) is 4. The minimum absolute atomic E-state index is 0.173. The van der Waals surface area contributed by atoms with Gasteiger partial charge >= 0.3 is 6.03 Å². The van der Waals surface area contributed by atoms with Gasteiger partial charge in [0.25, 0.3) is 5.91 Å². The van der Waals surface area contributed by atoms with E-state index < -0.39 is 11.9 Å². The molecule has 0 radical (unpaired) electrons. The van der Waals surface area contributed by atoms with E-state index >= 15 is 0 Å². The molecule has 1 aromatic carbocycles. The van der Waals surface area contributed by atoms with E-state index in [1.807, 2.05) is 0 Å². The van der Waals surface area contributed by atoms with Gasteiger partial charge in [0.1, 0.15) is 0 Å². The molecule has 0 saturated heterocycles. The summed E-state index contributed by atoms with van der Waals surface area (Å²) in [7, 11) is 2.95. The highest BCUT2D eigenvalue weighted by Gasteiger charge is 2.18. The van der Waals surface area contributed by atoms with Gasteiger partial charge in [-0.2, -0.15) is 0 Å². The number of para-hydroxylation sites is 1. The summed E-state index contributed by atoms with van der Waals surface area (Å²) in [6.07, 6.45) is 5.42. The normalized spacial score (nSPS) is 14.7. The molecule has 0 atom stereocenters. The van der Waals surface area contributed by atoms with E-state index in [-0.39, 0.29) is 11.6 Å². The Bertz CT molecular complexity index is 556. The second kappa shape index (κ2) is 8.26. The minimum atomic E-state index is -0.473. The van der Waals surface area contributed by atoms with E-state index in [4.69, 9.17) is 9.47 Å². The number of amides is 3. The van der Waals surface area contributed by atoms with Crippen molar-refractivity contribution in [3.05, 3.63) is 23.8 Å². The van der Waals surface area contributed by atoms with Crippen molar-refractivity contribution in [3.63, 3.8) is 0 Å². The molecule has 1 saturated carbocycles. The van der Waals surface area contributed by atoms with Crippen LogP contribution in [-0.4, -0.2) is 32.2 Å². The molecule has 1 aromatic rings. The van der Waals surface area contributed by atoms with Crippen LogP contribution in [0.4, 0.5) is 4.79 Å². The summed E-state index contributed by atoms with van der Waals surface area (Å²) in [5.41, 5.74) is 5.03. The van der Waals surface area contributed by atoms with Crippen molar-refractivity contribution in [3.8, 4) is 11.5 Å². The number of carbonyl (C=O) groups excluding carboxylic acids is 2. The van der Waals surface area contributed by atoms with Gasteiger partial charge in [-0.25, -0.2) is 10.2 Å². The number of hydrogen-bond donors (Lipinski definition) is 3. The summed E-state index contributed by atoms with van der Waals surface area (Å²) >= 11 is 0. The Labute approximate surface area is 135 Å². The number of urea groups is 1. The van der Waals surface area contributed by atoms with E-state index in [1.165, 1.54) is 20.6 Å². The maximum Gasteiger partial charge on any atom is 0.333 e. The van der Waals surface area contributed by atoms with Crippen molar-refractivity contribution in [1.29, 1.82) is 0 Å². The largest absolute Gasteiger partial charge is 0.493 e. The van der Waals surface area contributed by atoms with Crippen molar-refractivity contribution in [2.75, 3.05) is 14.2 Å². The smallest absolute Gasteiger partial charge is 0.333 e. The molecule has 3 N–H and O–H groups in total. The fourth-order valence-electron chi connectivity index (χ4n) is 2.72. The van der Waals surface area contributed by atoms with Gasteiger partial charge < -0.3 is 14.8 Å². The van der Waals surface area contributed by atoms with Crippen LogP contribution in [0.2, 0.25) is 0 Å². The quantitative estimate of drug-likeness (QED) is 0.740. The highest BCUT2D eigenvalue weighted by atomic mass is 16.5. The molecule has 0 aromatic heterocycles. The molecule has 0 unspecified atom stereocenters.